The standard InChI is InChI=1S/C5H9O2/c6-5-2-1-3-7-4-5/h5H,1-4H2. The number of ether oxygens (including phenoxy) is 1. The molecule has 0 saturated carbocycles. The van der Waals surface area contributed by atoms with Gasteiger partial charge in [-0.3, -0.25) is 0 Å². The zero-order valence-corrected chi connectivity index (χ0v) is 4.22. The fourth-order valence-electron chi connectivity index (χ4n) is 0.711. The van der Waals surface area contributed by atoms with Crippen LogP contribution < -0.4 is 0 Å². The molecule has 0 N–H and O–H groups in total. The maximum absolute atomic E-state index is 10.4. The van der Waals surface area contributed by atoms with E-state index in [9.17, 15) is 5.11 Å². The van der Waals surface area contributed by atoms with Crippen LogP contribution in [-0.2, 0) is 9.84 Å². The molecule has 0 aromatic rings. The van der Waals surface area contributed by atoms with Crippen molar-refractivity contribution in [1.82, 2.24) is 0 Å². The zero-order chi connectivity index (χ0) is 5.11. The van der Waals surface area contributed by atoms with Crippen LogP contribution in [0.3, 0.4) is 0 Å². The summed E-state index contributed by atoms with van der Waals surface area (Å²) in [6, 6.07) is 0. The molecule has 1 unspecified atom stereocenters. The Balaban J connectivity index is 2.12. The van der Waals surface area contributed by atoms with Crippen LogP contribution in [0.25, 0.3) is 0 Å². The molecule has 1 heterocycles. The minimum absolute atomic E-state index is 0.431. The van der Waals surface area contributed by atoms with Crippen LogP contribution in [0.2, 0.25) is 0 Å². The van der Waals surface area contributed by atoms with Crippen LogP contribution in [0.1, 0.15) is 12.8 Å². The molecule has 0 spiro atoms. The Bertz CT molecular complexity index is 48.0. The van der Waals surface area contributed by atoms with Gasteiger partial charge in [-0.05, 0) is 12.8 Å². The fraction of sp³-hybridized carbons (Fsp3) is 1.00. The lowest BCUT2D eigenvalue weighted by Crippen LogP contribution is -2.20. The lowest BCUT2D eigenvalue weighted by molar-refractivity contribution is -0.0406. The largest absolute Gasteiger partial charge is 0.379 e. The second-order valence-electron chi connectivity index (χ2n) is 1.84. The Kier molecular flexibility index (Phi) is 1.65. The lowest BCUT2D eigenvalue weighted by Gasteiger charge is -2.13. The first-order valence-electron chi connectivity index (χ1n) is 2.63. The molecular formula is C5H9O2. The third kappa shape index (κ3) is 1.45. The van der Waals surface area contributed by atoms with Crippen molar-refractivity contribution in [2.24, 2.45) is 0 Å². The molecule has 1 aliphatic rings. The van der Waals surface area contributed by atoms with Gasteiger partial charge in [0.05, 0.1) is 6.61 Å². The van der Waals surface area contributed by atoms with Gasteiger partial charge >= 0.3 is 0 Å². The maximum Gasteiger partial charge on any atom is 0.116 e. The molecule has 1 fully saturated rings. The molecule has 41 valence electrons. The molecule has 0 aromatic carbocycles. The van der Waals surface area contributed by atoms with Gasteiger partial charge in [0.2, 0.25) is 0 Å². The third-order valence-corrected chi connectivity index (χ3v) is 1.12. The van der Waals surface area contributed by atoms with Crippen LogP contribution in [0.5, 0.6) is 0 Å². The van der Waals surface area contributed by atoms with E-state index in [1.54, 1.807) is 0 Å². The van der Waals surface area contributed by atoms with E-state index >= 15 is 0 Å². The summed E-state index contributed by atoms with van der Waals surface area (Å²) in [6.45, 7) is 1.22. The number of hydrogen-bond donors (Lipinski definition) is 0. The van der Waals surface area contributed by atoms with Crippen molar-refractivity contribution >= 4 is 0 Å². The highest BCUT2D eigenvalue weighted by atomic mass is 16.5. The molecule has 1 saturated heterocycles. The van der Waals surface area contributed by atoms with Gasteiger partial charge in [-0.25, -0.2) is 5.11 Å². The summed E-state index contributed by atoms with van der Waals surface area (Å²) >= 11 is 0. The Hall–Kier alpha value is -0.0800. The number of rotatable bonds is 0. The molecule has 0 aliphatic carbocycles. The highest BCUT2D eigenvalue weighted by molar-refractivity contribution is 4.57. The summed E-state index contributed by atoms with van der Waals surface area (Å²) in [7, 11) is 0. The monoisotopic (exact) mass is 101 g/mol. The van der Waals surface area contributed by atoms with E-state index in [2.05, 4.69) is 0 Å². The second kappa shape index (κ2) is 2.28. The highest BCUT2D eigenvalue weighted by Crippen LogP contribution is 2.04. The second-order valence-corrected chi connectivity index (χ2v) is 1.84. The van der Waals surface area contributed by atoms with Gasteiger partial charge in [0.15, 0.2) is 0 Å². The average Bonchev–Trinajstić information content (AvgIpc) is 1.69. The third-order valence-electron chi connectivity index (χ3n) is 1.12. The Morgan fingerprint density at radius 1 is 1.57 bits per heavy atom. The molecule has 0 bridgehead atoms. The normalized spacial score (nSPS) is 33.0. The predicted molar refractivity (Wildman–Crippen MR) is 24.5 cm³/mol. The van der Waals surface area contributed by atoms with Crippen molar-refractivity contribution in [3.8, 4) is 0 Å². The summed E-state index contributed by atoms with van der Waals surface area (Å²) in [5.41, 5.74) is 0. The van der Waals surface area contributed by atoms with E-state index in [0.717, 1.165) is 19.4 Å². The summed E-state index contributed by atoms with van der Waals surface area (Å²) in [5, 5.41) is 10.4. The van der Waals surface area contributed by atoms with Crippen LogP contribution >= 0.6 is 0 Å². The molecular weight excluding hydrogens is 92.1 g/mol. The molecule has 1 atom stereocenters. The van der Waals surface area contributed by atoms with Crippen molar-refractivity contribution in [3.05, 3.63) is 0 Å². The van der Waals surface area contributed by atoms with E-state index in [1.165, 1.54) is 0 Å². The topological polar surface area (TPSA) is 29.1 Å². The summed E-state index contributed by atoms with van der Waals surface area (Å²) in [6.07, 6.45) is 1.32. The smallest absolute Gasteiger partial charge is 0.116 e. The van der Waals surface area contributed by atoms with Crippen molar-refractivity contribution in [1.29, 1.82) is 0 Å². The number of hydrogen-bond acceptors (Lipinski definition) is 1. The van der Waals surface area contributed by atoms with E-state index in [0.29, 0.717) is 6.61 Å². The molecule has 7 heavy (non-hydrogen) atoms. The summed E-state index contributed by atoms with van der Waals surface area (Å²) in [4.78, 5) is 0. The van der Waals surface area contributed by atoms with Crippen LogP contribution in [0, 0.1) is 0 Å². The van der Waals surface area contributed by atoms with Gasteiger partial charge in [0.1, 0.15) is 6.10 Å². The maximum atomic E-state index is 10.4. The van der Waals surface area contributed by atoms with E-state index in [1.807, 2.05) is 0 Å². The minimum atomic E-state index is -0.436. The van der Waals surface area contributed by atoms with Gasteiger partial charge < -0.3 is 4.74 Å². The van der Waals surface area contributed by atoms with E-state index < -0.39 is 6.10 Å². The van der Waals surface area contributed by atoms with Crippen molar-refractivity contribution in [2.75, 3.05) is 13.2 Å². The molecule has 1 aliphatic heterocycles. The van der Waals surface area contributed by atoms with Crippen LogP contribution in [-0.4, -0.2) is 19.3 Å². The SMILES string of the molecule is [O]C1CCCOC1. The lowest BCUT2D eigenvalue weighted by atomic mass is 10.2. The Morgan fingerprint density at radius 2 is 2.43 bits per heavy atom. The highest BCUT2D eigenvalue weighted by Gasteiger charge is 2.09. The Labute approximate surface area is 43.1 Å². The predicted octanol–water partition coefficient (Wildman–Crippen LogP) is 0.596. The summed E-state index contributed by atoms with van der Waals surface area (Å²) in [5.74, 6) is 0. The quantitative estimate of drug-likeness (QED) is 0.439. The van der Waals surface area contributed by atoms with Crippen LogP contribution in [0.4, 0.5) is 0 Å². The average molecular weight is 101 g/mol. The minimum Gasteiger partial charge on any atom is -0.379 e. The van der Waals surface area contributed by atoms with E-state index in [-0.39, 0.29) is 0 Å². The Morgan fingerprint density at radius 3 is 2.71 bits per heavy atom. The van der Waals surface area contributed by atoms with Crippen molar-refractivity contribution in [3.63, 3.8) is 0 Å². The molecule has 2 heteroatoms. The van der Waals surface area contributed by atoms with Crippen molar-refractivity contribution in [2.45, 2.75) is 18.9 Å². The zero-order valence-electron chi connectivity index (χ0n) is 4.22. The molecule has 0 aromatic heterocycles. The van der Waals surface area contributed by atoms with Crippen LogP contribution in [0.15, 0.2) is 0 Å². The van der Waals surface area contributed by atoms with Gasteiger partial charge in [0, 0.05) is 6.61 Å². The molecule has 1 rings (SSSR count). The first-order chi connectivity index (χ1) is 3.39. The first-order valence-corrected chi connectivity index (χ1v) is 2.63. The molecule has 1 radical (unpaired) electrons. The fourth-order valence-corrected chi connectivity index (χ4v) is 0.711. The van der Waals surface area contributed by atoms with Gasteiger partial charge in [0.25, 0.3) is 0 Å². The van der Waals surface area contributed by atoms with Gasteiger partial charge in [-0.15, -0.1) is 0 Å². The summed E-state index contributed by atoms with van der Waals surface area (Å²) < 4.78 is 4.87. The molecule has 2 nitrogen and oxygen atoms in total. The molecule has 0 amide bonds. The van der Waals surface area contributed by atoms with Crippen molar-refractivity contribution < 1.29 is 9.84 Å². The van der Waals surface area contributed by atoms with E-state index in [4.69, 9.17) is 4.74 Å². The first kappa shape index (κ1) is 5.06. The van der Waals surface area contributed by atoms with Gasteiger partial charge in [-0.1, -0.05) is 0 Å². The van der Waals surface area contributed by atoms with Gasteiger partial charge in [-0.2, -0.15) is 0 Å².